The quantitative estimate of drug-likeness (QED) is 0.465. The maximum atomic E-state index is 12.7. The number of nitrogens with one attached hydrogen (secondary N) is 1. The van der Waals surface area contributed by atoms with Gasteiger partial charge in [0.05, 0.1) is 4.92 Å². The van der Waals surface area contributed by atoms with E-state index in [1.165, 1.54) is 49.8 Å². The average Bonchev–Trinajstić information content (AvgIpc) is 3.05. The monoisotopic (exact) mass is 343 g/mol. The molecule has 1 aromatic heterocycles. The molecule has 0 fully saturated rings. The van der Waals surface area contributed by atoms with Crippen LogP contribution in [0.25, 0.3) is 0 Å². The highest BCUT2D eigenvalue weighted by molar-refractivity contribution is 7.54. The van der Waals surface area contributed by atoms with Gasteiger partial charge in [0.25, 0.3) is 5.69 Å². The second-order valence-electron chi connectivity index (χ2n) is 4.14. The summed E-state index contributed by atoms with van der Waals surface area (Å²) in [4.78, 5) is 14.3. The third-order valence-corrected chi connectivity index (χ3v) is 5.72. The van der Waals surface area contributed by atoms with Crippen LogP contribution >= 0.6 is 18.9 Å². The second-order valence-corrected chi connectivity index (χ2v) is 7.36. The Hall–Kier alpha value is -1.80. The van der Waals surface area contributed by atoms with Gasteiger partial charge < -0.3 is 14.4 Å². The van der Waals surface area contributed by atoms with E-state index in [4.69, 9.17) is 9.05 Å². The fourth-order valence-corrected chi connectivity index (χ4v) is 3.85. The first-order chi connectivity index (χ1) is 10.5. The van der Waals surface area contributed by atoms with E-state index in [2.05, 4.69) is 10.3 Å². The summed E-state index contributed by atoms with van der Waals surface area (Å²) in [6.45, 7) is 0. The van der Waals surface area contributed by atoms with Crippen molar-refractivity contribution in [3.8, 4) is 0 Å². The van der Waals surface area contributed by atoms with Crippen molar-refractivity contribution in [1.82, 2.24) is 4.98 Å². The molecule has 1 heterocycles. The molecule has 0 spiro atoms. The Kier molecular flexibility index (Phi) is 5.25. The van der Waals surface area contributed by atoms with Gasteiger partial charge in [-0.05, 0) is 17.7 Å². The van der Waals surface area contributed by atoms with Crippen molar-refractivity contribution < 1.29 is 18.5 Å². The van der Waals surface area contributed by atoms with E-state index in [0.29, 0.717) is 10.7 Å². The molecule has 2 aromatic rings. The largest absolute Gasteiger partial charge is 0.356 e. The van der Waals surface area contributed by atoms with Gasteiger partial charge in [0, 0.05) is 37.9 Å². The van der Waals surface area contributed by atoms with E-state index in [0.717, 1.165) is 0 Å². The number of nitrogens with zero attached hydrogens (tertiary/aromatic N) is 2. The molecule has 0 aliphatic carbocycles. The molecule has 10 heteroatoms. The number of hydrogen-bond acceptors (Lipinski definition) is 8. The lowest BCUT2D eigenvalue weighted by Crippen LogP contribution is -2.13. The number of nitro benzene ring substituents is 1. The van der Waals surface area contributed by atoms with Crippen molar-refractivity contribution in [2.24, 2.45) is 0 Å². The highest BCUT2D eigenvalue weighted by Crippen LogP contribution is 2.59. The Labute approximate surface area is 130 Å². The Morgan fingerprint density at radius 3 is 2.41 bits per heavy atom. The molecule has 0 radical (unpaired) electrons. The number of non-ortho nitro benzene ring substituents is 1. The number of aromatic nitrogens is 1. The molecule has 2 rings (SSSR count). The Morgan fingerprint density at radius 1 is 1.32 bits per heavy atom. The molecule has 1 unspecified atom stereocenters. The minimum absolute atomic E-state index is 0.0542. The normalized spacial score (nSPS) is 12.8. The standard InChI is InChI=1S/C12H14N3O5PS/c1-19-21(18,20-2)11(14-12-13-7-8-22-12)9-3-5-10(6-4-9)15(16)17/h3-8,11H,1-2H3,(H,13,14). The smallest absolute Gasteiger partial charge is 0.344 e. The summed E-state index contributed by atoms with van der Waals surface area (Å²) in [5.74, 6) is -0.825. The number of thiazole rings is 1. The van der Waals surface area contributed by atoms with E-state index in [1.54, 1.807) is 11.6 Å². The zero-order valence-electron chi connectivity index (χ0n) is 11.8. The number of benzene rings is 1. The van der Waals surface area contributed by atoms with Gasteiger partial charge in [0.15, 0.2) is 10.9 Å². The molecule has 1 N–H and O–H groups in total. The molecule has 8 nitrogen and oxygen atoms in total. The van der Waals surface area contributed by atoms with Crippen LogP contribution in [0.15, 0.2) is 35.8 Å². The van der Waals surface area contributed by atoms with Gasteiger partial charge in [-0.2, -0.15) is 0 Å². The van der Waals surface area contributed by atoms with Gasteiger partial charge in [-0.3, -0.25) is 14.7 Å². The first kappa shape index (κ1) is 16.6. The topological polar surface area (TPSA) is 104 Å². The average molecular weight is 343 g/mol. The number of hydrogen-bond donors (Lipinski definition) is 1. The van der Waals surface area contributed by atoms with Crippen LogP contribution in [-0.4, -0.2) is 24.1 Å². The highest BCUT2D eigenvalue weighted by atomic mass is 32.1. The van der Waals surface area contributed by atoms with Crippen LogP contribution in [-0.2, 0) is 13.6 Å². The van der Waals surface area contributed by atoms with Crippen LogP contribution in [0.3, 0.4) is 0 Å². The molecule has 22 heavy (non-hydrogen) atoms. The zero-order chi connectivity index (χ0) is 16.2. The highest BCUT2D eigenvalue weighted by Gasteiger charge is 2.36. The minimum atomic E-state index is -3.51. The zero-order valence-corrected chi connectivity index (χ0v) is 13.5. The van der Waals surface area contributed by atoms with Crippen LogP contribution < -0.4 is 5.32 Å². The van der Waals surface area contributed by atoms with Crippen LogP contribution in [0.1, 0.15) is 11.3 Å². The minimum Gasteiger partial charge on any atom is -0.344 e. The van der Waals surface area contributed by atoms with Gasteiger partial charge >= 0.3 is 7.60 Å². The van der Waals surface area contributed by atoms with Crippen molar-refractivity contribution in [2.75, 3.05) is 19.5 Å². The first-order valence-corrected chi connectivity index (χ1v) is 8.61. The molecule has 0 saturated heterocycles. The van der Waals surface area contributed by atoms with Gasteiger partial charge in [-0.15, -0.1) is 11.3 Å². The molecule has 0 aliphatic rings. The molecular weight excluding hydrogens is 329 g/mol. The van der Waals surface area contributed by atoms with Gasteiger partial charge in [0.1, 0.15) is 0 Å². The molecule has 0 saturated carbocycles. The van der Waals surface area contributed by atoms with E-state index in [1.807, 2.05) is 0 Å². The molecule has 1 aromatic carbocycles. The Morgan fingerprint density at radius 2 is 1.95 bits per heavy atom. The van der Waals surface area contributed by atoms with Crippen LogP contribution in [0.5, 0.6) is 0 Å². The Balaban J connectivity index is 2.39. The van der Waals surface area contributed by atoms with E-state index in [9.17, 15) is 14.7 Å². The second kappa shape index (κ2) is 6.97. The van der Waals surface area contributed by atoms with E-state index >= 15 is 0 Å². The lowest BCUT2D eigenvalue weighted by molar-refractivity contribution is -0.384. The Bertz CT molecular complexity index is 669. The van der Waals surface area contributed by atoms with Crippen LogP contribution in [0.2, 0.25) is 0 Å². The number of nitro groups is 1. The predicted molar refractivity (Wildman–Crippen MR) is 83.2 cm³/mol. The fourth-order valence-electron chi connectivity index (χ4n) is 1.82. The number of rotatable bonds is 7. The molecule has 1 atom stereocenters. The number of anilines is 1. The van der Waals surface area contributed by atoms with Gasteiger partial charge in [-0.1, -0.05) is 0 Å². The third-order valence-electron chi connectivity index (χ3n) is 2.94. The molecular formula is C12H14N3O5PS. The molecule has 0 amide bonds. The fraction of sp³-hybridized carbons (Fsp3) is 0.250. The maximum Gasteiger partial charge on any atom is 0.356 e. The molecule has 0 bridgehead atoms. The van der Waals surface area contributed by atoms with Crippen molar-refractivity contribution in [2.45, 2.75) is 5.78 Å². The van der Waals surface area contributed by atoms with Crippen LogP contribution in [0.4, 0.5) is 10.8 Å². The summed E-state index contributed by atoms with van der Waals surface area (Å²) >= 11 is 1.33. The van der Waals surface area contributed by atoms with Crippen molar-refractivity contribution in [3.05, 3.63) is 51.5 Å². The third kappa shape index (κ3) is 3.50. The summed E-state index contributed by atoms with van der Waals surface area (Å²) in [5.41, 5.74) is 0.481. The summed E-state index contributed by atoms with van der Waals surface area (Å²) < 4.78 is 22.8. The molecule has 118 valence electrons. The van der Waals surface area contributed by atoms with Crippen LogP contribution in [0, 0.1) is 10.1 Å². The molecule has 0 aliphatic heterocycles. The van der Waals surface area contributed by atoms with E-state index < -0.39 is 18.3 Å². The van der Waals surface area contributed by atoms with E-state index in [-0.39, 0.29) is 5.69 Å². The lowest BCUT2D eigenvalue weighted by atomic mass is 10.2. The van der Waals surface area contributed by atoms with Gasteiger partial charge in [-0.25, -0.2) is 4.98 Å². The predicted octanol–water partition coefficient (Wildman–Crippen LogP) is 3.65. The SMILES string of the molecule is COP(=O)(OC)C(Nc1nccs1)c1ccc([N+](=O)[O-])cc1. The van der Waals surface area contributed by atoms with Crippen molar-refractivity contribution in [1.29, 1.82) is 0 Å². The first-order valence-electron chi connectivity index (χ1n) is 6.11. The summed E-state index contributed by atoms with van der Waals surface area (Å²) in [6, 6.07) is 5.69. The lowest BCUT2D eigenvalue weighted by Gasteiger charge is -2.25. The van der Waals surface area contributed by atoms with Crippen molar-refractivity contribution >= 4 is 29.8 Å². The van der Waals surface area contributed by atoms with Crippen molar-refractivity contribution in [3.63, 3.8) is 0 Å². The summed E-state index contributed by atoms with van der Waals surface area (Å²) in [6.07, 6.45) is 1.60. The summed E-state index contributed by atoms with van der Waals surface area (Å²) in [7, 11) is -0.940. The maximum absolute atomic E-state index is 12.7. The van der Waals surface area contributed by atoms with Gasteiger partial charge in [0.2, 0.25) is 0 Å². The summed E-state index contributed by atoms with van der Waals surface area (Å²) in [5, 5.41) is 16.0.